The van der Waals surface area contributed by atoms with Crippen LogP contribution in [0.3, 0.4) is 0 Å². The topological polar surface area (TPSA) is 26.2 Å². The molecular weight excluding hydrogens is 1260 g/mol. The van der Waals surface area contributed by atoms with Crippen LogP contribution in [0.2, 0.25) is 0 Å². The first-order valence-electron chi connectivity index (χ1n) is 35.7. The number of hydrogen-bond donors (Lipinski definition) is 0. The van der Waals surface area contributed by atoms with Crippen molar-refractivity contribution in [1.29, 1.82) is 0 Å². The minimum atomic E-state index is 1.12. The lowest BCUT2D eigenvalue weighted by Crippen LogP contribution is -2.09. The zero-order valence-corrected chi connectivity index (χ0v) is 57.6. The van der Waals surface area contributed by atoms with E-state index in [2.05, 4.69) is 430 Å². The summed E-state index contributed by atoms with van der Waals surface area (Å²) in [4.78, 5) is 4.64. The van der Waals surface area contributed by atoms with E-state index in [4.69, 9.17) is 0 Å². The predicted molar refractivity (Wildman–Crippen MR) is 440 cm³/mol. The minimum Gasteiger partial charge on any atom is -0.310 e. The molecule has 20 rings (SSSR count). The first kappa shape index (κ1) is 61.4. The fourth-order valence-corrected chi connectivity index (χ4v) is 16.0. The summed E-state index contributed by atoms with van der Waals surface area (Å²) in [5.41, 5.74) is 28.3. The van der Waals surface area contributed by atoms with Crippen LogP contribution >= 0.6 is 0 Å². The van der Waals surface area contributed by atoms with Gasteiger partial charge in [-0.25, -0.2) is 0 Å². The highest BCUT2D eigenvalue weighted by molar-refractivity contribution is 6.26. The van der Waals surface area contributed by atoms with Crippen LogP contribution in [-0.4, -0.2) is 18.3 Å². The Morgan fingerprint density at radius 2 is 0.490 bits per heavy atom. The molecule has 0 radical (unpaired) electrons. The Labute approximate surface area is 603 Å². The van der Waals surface area contributed by atoms with E-state index < -0.39 is 0 Å². The smallest absolute Gasteiger partial charge is 0.0641 e. The molecule has 0 unspecified atom stereocenters. The number of aryl methyl sites for hydroxylation is 2. The highest BCUT2D eigenvalue weighted by Crippen LogP contribution is 2.45. The Balaban J connectivity index is 0.000000192. The lowest BCUT2D eigenvalue weighted by Gasteiger charge is -2.26. The molecule has 20 aromatic rings. The van der Waals surface area contributed by atoms with Crippen molar-refractivity contribution in [1.82, 2.24) is 18.3 Å². The van der Waals surface area contributed by atoms with E-state index in [-0.39, 0.29) is 0 Å². The molecule has 0 aliphatic rings. The van der Waals surface area contributed by atoms with Crippen LogP contribution in [0.4, 0.5) is 34.1 Å². The van der Waals surface area contributed by atoms with Crippen LogP contribution in [0.5, 0.6) is 0 Å². The second kappa shape index (κ2) is 25.8. The van der Waals surface area contributed by atoms with Crippen LogP contribution in [0.25, 0.3) is 132 Å². The molecule has 0 saturated heterocycles. The van der Waals surface area contributed by atoms with Gasteiger partial charge in [-0.1, -0.05) is 224 Å². The van der Waals surface area contributed by atoms with Crippen LogP contribution in [0.1, 0.15) is 11.1 Å². The van der Waals surface area contributed by atoms with Gasteiger partial charge in [0, 0.05) is 100.0 Å². The zero-order chi connectivity index (χ0) is 69.2. The van der Waals surface area contributed by atoms with Crippen molar-refractivity contribution in [2.75, 3.05) is 9.80 Å². The van der Waals surface area contributed by atoms with Gasteiger partial charge in [0.1, 0.15) is 0 Å². The largest absolute Gasteiger partial charge is 0.310 e. The number of hydrogen-bond acceptors (Lipinski definition) is 2. The maximum atomic E-state index is 2.43. The molecule has 6 nitrogen and oxygen atoms in total. The zero-order valence-electron chi connectivity index (χ0n) is 57.6. The van der Waals surface area contributed by atoms with Crippen molar-refractivity contribution in [2.24, 2.45) is 0 Å². The van der Waals surface area contributed by atoms with Gasteiger partial charge < -0.3 is 28.1 Å². The third-order valence-corrected chi connectivity index (χ3v) is 20.7. The van der Waals surface area contributed by atoms with Crippen molar-refractivity contribution >= 4 is 121 Å². The van der Waals surface area contributed by atoms with Crippen LogP contribution in [0, 0.1) is 13.8 Å². The standard InChI is InChI=1S/C68H50N4.C30H20N2/c1-47-15-13-21-59(43-47)69(53-17-5-3-6-18-53)55-35-27-49(28-36-55)51-31-39-57(40-32-51)71-65-25-11-9-23-61(65)63-46-68-64(45-67(63)71)62-24-10-12-26-66(62)72(68)58-41-33-52(34-42-58)50-29-37-56(38-30-50)70(54-19-7-4-8-20-54)60-22-14-16-48(2)44-60;1-3-11-21(12-4-1)31-27-18-10-8-16-25(27)29-28(31)20-19-24-23-15-7-9-17-26(23)32(30(24)29)22-13-5-2-6-14-22/h3-46H,1-2H3;1-20H. The Kier molecular flexibility index (Phi) is 15.2. The highest BCUT2D eigenvalue weighted by atomic mass is 15.1. The van der Waals surface area contributed by atoms with E-state index in [1.54, 1.807) is 0 Å². The normalized spacial score (nSPS) is 11.6. The van der Waals surface area contributed by atoms with E-state index in [0.29, 0.717) is 0 Å². The molecule has 0 atom stereocenters. The summed E-state index contributed by atoms with van der Waals surface area (Å²) >= 11 is 0. The van der Waals surface area contributed by atoms with Crippen molar-refractivity contribution in [3.05, 3.63) is 399 Å². The van der Waals surface area contributed by atoms with E-state index >= 15 is 0 Å². The fraction of sp³-hybridized carbons (Fsp3) is 0.0204. The minimum absolute atomic E-state index is 1.12. The van der Waals surface area contributed by atoms with Gasteiger partial charge in [-0.2, -0.15) is 0 Å². The highest BCUT2D eigenvalue weighted by Gasteiger charge is 2.23. The second-order valence-corrected chi connectivity index (χ2v) is 27.0. The fourth-order valence-electron chi connectivity index (χ4n) is 16.0. The lowest BCUT2D eigenvalue weighted by atomic mass is 10.0. The Morgan fingerprint density at radius 1 is 0.183 bits per heavy atom. The van der Waals surface area contributed by atoms with E-state index in [9.17, 15) is 0 Å². The van der Waals surface area contributed by atoms with Crippen molar-refractivity contribution < 1.29 is 0 Å². The predicted octanol–water partition coefficient (Wildman–Crippen LogP) is 26.7. The average molecular weight is 1330 g/mol. The molecule has 4 aromatic heterocycles. The van der Waals surface area contributed by atoms with Crippen LogP contribution in [-0.2, 0) is 0 Å². The molecule has 0 aliphatic carbocycles. The number of anilines is 6. The molecule has 0 aliphatic heterocycles. The molecule has 492 valence electrons. The quantitative estimate of drug-likeness (QED) is 0.122. The molecule has 0 bridgehead atoms. The average Bonchev–Trinajstić information content (AvgIpc) is 1.55. The van der Waals surface area contributed by atoms with Crippen molar-refractivity contribution in [3.63, 3.8) is 0 Å². The number of para-hydroxylation sites is 8. The molecule has 4 heterocycles. The van der Waals surface area contributed by atoms with Crippen molar-refractivity contribution in [3.8, 4) is 45.0 Å². The summed E-state index contributed by atoms with van der Waals surface area (Å²) in [6.07, 6.45) is 0. The van der Waals surface area contributed by atoms with Gasteiger partial charge in [0.05, 0.1) is 44.1 Å². The molecule has 0 amide bonds. The Hall–Kier alpha value is -13.7. The van der Waals surface area contributed by atoms with Gasteiger partial charge in [-0.3, -0.25) is 0 Å². The molecule has 6 heteroatoms. The van der Waals surface area contributed by atoms with Gasteiger partial charge in [0.2, 0.25) is 0 Å². The van der Waals surface area contributed by atoms with Gasteiger partial charge in [0.15, 0.2) is 0 Å². The van der Waals surface area contributed by atoms with Crippen molar-refractivity contribution in [2.45, 2.75) is 13.8 Å². The molecule has 0 spiro atoms. The molecule has 0 saturated carbocycles. The van der Waals surface area contributed by atoms with Gasteiger partial charge in [-0.15, -0.1) is 0 Å². The van der Waals surface area contributed by atoms with Gasteiger partial charge in [0.25, 0.3) is 0 Å². The summed E-state index contributed by atoms with van der Waals surface area (Å²) < 4.78 is 9.68. The monoisotopic (exact) mass is 1330 g/mol. The summed E-state index contributed by atoms with van der Waals surface area (Å²) in [5, 5.41) is 10.1. The van der Waals surface area contributed by atoms with Crippen LogP contribution < -0.4 is 9.80 Å². The van der Waals surface area contributed by atoms with Gasteiger partial charge in [-0.05, 0) is 211 Å². The summed E-state index contributed by atoms with van der Waals surface area (Å²) in [6.45, 7) is 4.29. The first-order chi connectivity index (χ1) is 51.4. The van der Waals surface area contributed by atoms with E-state index in [0.717, 1.165) is 45.5 Å². The number of aromatic nitrogens is 4. The molecule has 0 N–H and O–H groups in total. The molecule has 0 fully saturated rings. The third kappa shape index (κ3) is 10.7. The number of benzene rings is 16. The number of rotatable bonds is 12. The second-order valence-electron chi connectivity index (χ2n) is 27.0. The molecule has 104 heavy (non-hydrogen) atoms. The summed E-state index contributed by atoms with van der Waals surface area (Å²) in [6, 6.07) is 140. The van der Waals surface area contributed by atoms with E-state index in [1.165, 1.54) is 132 Å². The molecule has 16 aromatic carbocycles. The van der Waals surface area contributed by atoms with Crippen LogP contribution in [0.15, 0.2) is 388 Å². The summed E-state index contributed by atoms with van der Waals surface area (Å²) in [5.74, 6) is 0. The number of fused-ring (bicyclic) bond motifs is 13. The maximum Gasteiger partial charge on any atom is 0.0641 e. The van der Waals surface area contributed by atoms with E-state index in [1.807, 2.05) is 0 Å². The third-order valence-electron chi connectivity index (χ3n) is 20.7. The first-order valence-corrected chi connectivity index (χ1v) is 35.7. The summed E-state index contributed by atoms with van der Waals surface area (Å²) in [7, 11) is 0. The Morgan fingerprint density at radius 3 is 0.913 bits per heavy atom. The number of nitrogens with zero attached hydrogens (tertiary/aromatic N) is 6. The maximum absolute atomic E-state index is 2.43. The van der Waals surface area contributed by atoms with Gasteiger partial charge >= 0.3 is 0 Å². The Bertz CT molecular complexity index is 6300. The molecular formula is C98H70N6. The SMILES string of the molecule is Cc1cccc(N(c2ccccc2)c2ccc(-c3ccc(-n4c5ccccc5c5cc6c(cc54)c4ccccc4n6-c4ccc(-c5ccc(N(c6ccccc6)c6cccc(C)c6)cc5)cc4)cc3)cc2)c1.c1ccc(-n2c3ccccc3c3c2ccc2c4ccccc4n(-c4ccccc4)c23)cc1. The lowest BCUT2D eigenvalue weighted by molar-refractivity contribution is 1.17.